The molecule has 1 aromatic carbocycles. The molecule has 1 atom stereocenters. The first-order valence-electron chi connectivity index (χ1n) is 9.28. The van der Waals surface area contributed by atoms with Crippen LogP contribution in [0.3, 0.4) is 0 Å². The van der Waals surface area contributed by atoms with E-state index in [9.17, 15) is 9.59 Å². The molecule has 3 rings (SSSR count). The molecule has 1 unspecified atom stereocenters. The standard InChI is InChI=1S/C21H25ClN2O3/c1-5-14(4)27-17-7-6-15-8-9-24(21(26)18(15)19(17)22)11-16-12(2)10-13(3)23-20(16)25/h6-7,10,14H,5,8-9,11H2,1-4H3,(H,23,25). The number of fused-ring (bicyclic) bond motifs is 1. The molecule has 144 valence electrons. The summed E-state index contributed by atoms with van der Waals surface area (Å²) in [5, 5.41) is 0.358. The van der Waals surface area contributed by atoms with Gasteiger partial charge in [0, 0.05) is 17.8 Å². The first kappa shape index (κ1) is 19.5. The maximum atomic E-state index is 13.1. The van der Waals surface area contributed by atoms with E-state index in [1.807, 2.05) is 45.9 Å². The number of carbonyl (C=O) groups excluding carboxylic acids is 1. The SMILES string of the molecule is CCC(C)Oc1ccc2c(c1Cl)C(=O)N(Cc1c(C)cc(C)[nH]c1=O)CC2. The molecule has 0 saturated carbocycles. The number of halogens is 1. The third-order valence-corrected chi connectivity index (χ3v) is 5.47. The topological polar surface area (TPSA) is 62.4 Å². The normalized spacial score (nSPS) is 14.9. The number of hydrogen-bond donors (Lipinski definition) is 1. The molecule has 6 heteroatoms. The van der Waals surface area contributed by atoms with Gasteiger partial charge in [-0.3, -0.25) is 9.59 Å². The van der Waals surface area contributed by atoms with Crippen LogP contribution >= 0.6 is 11.6 Å². The number of aromatic amines is 1. The Balaban J connectivity index is 1.92. The van der Waals surface area contributed by atoms with E-state index in [4.69, 9.17) is 16.3 Å². The van der Waals surface area contributed by atoms with Crippen LogP contribution in [-0.4, -0.2) is 28.4 Å². The van der Waals surface area contributed by atoms with Crippen molar-refractivity contribution < 1.29 is 9.53 Å². The smallest absolute Gasteiger partial charge is 0.256 e. The second-order valence-electron chi connectivity index (χ2n) is 7.17. The molecule has 1 aliphatic rings. The lowest BCUT2D eigenvalue weighted by molar-refractivity contribution is 0.0725. The summed E-state index contributed by atoms with van der Waals surface area (Å²) in [7, 11) is 0. The minimum atomic E-state index is -0.157. The van der Waals surface area contributed by atoms with Gasteiger partial charge in [0.05, 0.1) is 23.2 Å². The number of hydrogen-bond acceptors (Lipinski definition) is 3. The van der Waals surface area contributed by atoms with Crippen LogP contribution in [0.25, 0.3) is 0 Å². The van der Waals surface area contributed by atoms with E-state index < -0.39 is 0 Å². The van der Waals surface area contributed by atoms with Crippen molar-refractivity contribution >= 4 is 17.5 Å². The predicted octanol–water partition coefficient (Wildman–Crippen LogP) is 4.02. The van der Waals surface area contributed by atoms with Crippen LogP contribution in [0.2, 0.25) is 5.02 Å². The number of ether oxygens (including phenoxy) is 1. The van der Waals surface area contributed by atoms with Gasteiger partial charge in [-0.05, 0) is 56.9 Å². The average molecular weight is 389 g/mol. The number of pyridine rings is 1. The first-order chi connectivity index (χ1) is 12.8. The van der Waals surface area contributed by atoms with E-state index in [1.54, 1.807) is 4.90 Å². The molecule has 0 saturated heterocycles. The number of nitrogens with zero attached hydrogens (tertiary/aromatic N) is 1. The van der Waals surface area contributed by atoms with Crippen LogP contribution in [0.1, 0.15) is 53.0 Å². The van der Waals surface area contributed by atoms with Crippen molar-refractivity contribution in [1.29, 1.82) is 0 Å². The number of H-pyrrole nitrogens is 1. The molecule has 2 heterocycles. The van der Waals surface area contributed by atoms with E-state index in [-0.39, 0.29) is 24.1 Å². The molecule has 0 spiro atoms. The molecule has 0 bridgehead atoms. The number of rotatable bonds is 5. The van der Waals surface area contributed by atoms with E-state index in [2.05, 4.69) is 4.98 Å². The molecular formula is C21H25ClN2O3. The molecular weight excluding hydrogens is 364 g/mol. The summed E-state index contributed by atoms with van der Waals surface area (Å²) in [4.78, 5) is 29.9. The third kappa shape index (κ3) is 3.88. The summed E-state index contributed by atoms with van der Waals surface area (Å²) >= 11 is 6.53. The highest BCUT2D eigenvalue weighted by Gasteiger charge is 2.29. The Morgan fingerprint density at radius 3 is 2.70 bits per heavy atom. The molecule has 1 aliphatic heterocycles. The Bertz CT molecular complexity index is 936. The maximum absolute atomic E-state index is 13.1. The highest BCUT2D eigenvalue weighted by molar-refractivity contribution is 6.35. The quantitative estimate of drug-likeness (QED) is 0.841. The number of aromatic nitrogens is 1. The van der Waals surface area contributed by atoms with Crippen molar-refractivity contribution in [3.8, 4) is 5.75 Å². The van der Waals surface area contributed by atoms with E-state index in [0.717, 1.165) is 23.2 Å². The zero-order chi connectivity index (χ0) is 19.7. The van der Waals surface area contributed by atoms with Gasteiger partial charge in [-0.15, -0.1) is 0 Å². The van der Waals surface area contributed by atoms with Crippen LogP contribution in [0.15, 0.2) is 23.0 Å². The van der Waals surface area contributed by atoms with Crippen LogP contribution in [0, 0.1) is 13.8 Å². The lowest BCUT2D eigenvalue weighted by Gasteiger charge is -2.30. The Morgan fingerprint density at radius 1 is 1.30 bits per heavy atom. The molecule has 27 heavy (non-hydrogen) atoms. The van der Waals surface area contributed by atoms with Gasteiger partial charge in [-0.2, -0.15) is 0 Å². The van der Waals surface area contributed by atoms with E-state index in [0.29, 0.717) is 34.9 Å². The Hall–Kier alpha value is -2.27. The van der Waals surface area contributed by atoms with Gasteiger partial charge in [0.15, 0.2) is 0 Å². The molecule has 1 aromatic heterocycles. The minimum absolute atomic E-state index is 0.0177. The fourth-order valence-electron chi connectivity index (χ4n) is 3.36. The van der Waals surface area contributed by atoms with Gasteiger partial charge in [0.2, 0.25) is 0 Å². The van der Waals surface area contributed by atoms with Crippen LogP contribution < -0.4 is 10.3 Å². The number of carbonyl (C=O) groups is 1. The fraction of sp³-hybridized carbons (Fsp3) is 0.429. The summed E-state index contributed by atoms with van der Waals surface area (Å²) in [6.45, 7) is 8.57. The number of amides is 1. The van der Waals surface area contributed by atoms with Gasteiger partial charge in [-0.1, -0.05) is 24.6 Å². The lowest BCUT2D eigenvalue weighted by Crippen LogP contribution is -2.39. The zero-order valence-electron chi connectivity index (χ0n) is 16.2. The largest absolute Gasteiger partial charge is 0.489 e. The third-order valence-electron chi connectivity index (χ3n) is 5.09. The molecule has 1 N–H and O–H groups in total. The minimum Gasteiger partial charge on any atom is -0.489 e. The van der Waals surface area contributed by atoms with Gasteiger partial charge in [0.1, 0.15) is 5.75 Å². The van der Waals surface area contributed by atoms with Crippen LogP contribution in [0.4, 0.5) is 0 Å². The lowest BCUT2D eigenvalue weighted by atomic mass is 9.97. The Labute approximate surface area is 164 Å². The van der Waals surface area contributed by atoms with Crippen molar-refractivity contribution in [1.82, 2.24) is 9.88 Å². The number of benzene rings is 1. The van der Waals surface area contributed by atoms with Crippen LogP contribution in [-0.2, 0) is 13.0 Å². The van der Waals surface area contributed by atoms with Gasteiger partial charge < -0.3 is 14.6 Å². The Kier molecular flexibility index (Phi) is 5.61. The van der Waals surface area contributed by atoms with Crippen molar-refractivity contribution in [2.75, 3.05) is 6.54 Å². The van der Waals surface area contributed by atoms with E-state index in [1.165, 1.54) is 0 Å². The van der Waals surface area contributed by atoms with Gasteiger partial charge in [-0.25, -0.2) is 0 Å². The van der Waals surface area contributed by atoms with Crippen LogP contribution in [0.5, 0.6) is 5.75 Å². The second kappa shape index (κ2) is 7.77. The molecule has 2 aromatic rings. The molecule has 5 nitrogen and oxygen atoms in total. The summed E-state index contributed by atoms with van der Waals surface area (Å²) in [5.41, 5.74) is 3.57. The van der Waals surface area contributed by atoms with Crippen molar-refractivity contribution in [3.63, 3.8) is 0 Å². The zero-order valence-corrected chi connectivity index (χ0v) is 16.9. The molecule has 1 amide bonds. The number of nitrogens with one attached hydrogen (secondary N) is 1. The van der Waals surface area contributed by atoms with E-state index >= 15 is 0 Å². The molecule has 0 radical (unpaired) electrons. The second-order valence-corrected chi connectivity index (χ2v) is 7.55. The predicted molar refractivity (Wildman–Crippen MR) is 107 cm³/mol. The summed E-state index contributed by atoms with van der Waals surface area (Å²) in [5.74, 6) is 0.375. The number of aryl methyl sites for hydroxylation is 2. The van der Waals surface area contributed by atoms with Gasteiger partial charge in [0.25, 0.3) is 11.5 Å². The Morgan fingerprint density at radius 2 is 2.04 bits per heavy atom. The van der Waals surface area contributed by atoms with Gasteiger partial charge >= 0.3 is 0 Å². The van der Waals surface area contributed by atoms with Crippen molar-refractivity contribution in [2.24, 2.45) is 0 Å². The first-order valence-corrected chi connectivity index (χ1v) is 9.66. The average Bonchev–Trinajstić information content (AvgIpc) is 2.61. The molecule has 0 aliphatic carbocycles. The van der Waals surface area contributed by atoms with Crippen molar-refractivity contribution in [2.45, 2.75) is 53.2 Å². The summed E-state index contributed by atoms with van der Waals surface area (Å²) < 4.78 is 5.86. The van der Waals surface area contributed by atoms with Crippen molar-refractivity contribution in [3.05, 3.63) is 61.5 Å². The fourth-order valence-corrected chi connectivity index (χ4v) is 3.67. The molecule has 0 fully saturated rings. The highest BCUT2D eigenvalue weighted by Crippen LogP contribution is 2.35. The maximum Gasteiger partial charge on any atom is 0.256 e. The monoisotopic (exact) mass is 388 g/mol. The summed E-state index contributed by atoms with van der Waals surface area (Å²) in [6, 6.07) is 5.67. The summed E-state index contributed by atoms with van der Waals surface area (Å²) in [6.07, 6.45) is 1.57. The highest BCUT2D eigenvalue weighted by atomic mass is 35.5.